The Hall–Kier alpha value is -1.13. The van der Waals surface area contributed by atoms with E-state index < -0.39 is 0 Å². The van der Waals surface area contributed by atoms with Crippen molar-refractivity contribution < 1.29 is 0 Å². The van der Waals surface area contributed by atoms with Crippen LogP contribution >= 0.6 is 15.9 Å². The van der Waals surface area contributed by atoms with Gasteiger partial charge >= 0.3 is 0 Å². The molecule has 2 N–H and O–H groups in total. The van der Waals surface area contributed by atoms with Crippen LogP contribution in [0.1, 0.15) is 42.4 Å². The van der Waals surface area contributed by atoms with Crippen molar-refractivity contribution in [3.8, 4) is 0 Å². The van der Waals surface area contributed by atoms with Crippen molar-refractivity contribution >= 4 is 15.9 Å². The second-order valence-electron chi connectivity index (χ2n) is 5.12. The number of hydrogen-bond acceptors (Lipinski definition) is 2. The molecule has 1 atom stereocenters. The lowest BCUT2D eigenvalue weighted by Crippen LogP contribution is -2.16. The number of nitrogens with two attached hydrogens (primary N) is 1. The number of aromatic nitrogens is 2. The van der Waals surface area contributed by atoms with Gasteiger partial charge in [0.15, 0.2) is 0 Å². The van der Waals surface area contributed by atoms with Gasteiger partial charge in [0, 0.05) is 29.2 Å². The third-order valence-corrected chi connectivity index (χ3v) is 4.50. The Morgan fingerprint density at radius 3 is 2.65 bits per heavy atom. The lowest BCUT2D eigenvalue weighted by molar-refractivity contribution is 0.585. The summed E-state index contributed by atoms with van der Waals surface area (Å²) in [6, 6.07) is 8.50. The maximum absolute atomic E-state index is 6.36. The van der Waals surface area contributed by atoms with Gasteiger partial charge in [-0.1, -0.05) is 35.0 Å². The summed E-state index contributed by atoms with van der Waals surface area (Å²) in [5, 5.41) is 4.58. The van der Waals surface area contributed by atoms with Gasteiger partial charge in [-0.25, -0.2) is 0 Å². The number of benzene rings is 1. The SMILES string of the molecule is CCc1cc(CC(N)c2ccc(Br)c(C)c2)n(CC)n1. The van der Waals surface area contributed by atoms with E-state index in [9.17, 15) is 0 Å². The van der Waals surface area contributed by atoms with Crippen LogP contribution in [-0.2, 0) is 19.4 Å². The lowest BCUT2D eigenvalue weighted by atomic mass is 10.0. The topological polar surface area (TPSA) is 43.8 Å². The molecule has 0 amide bonds. The Morgan fingerprint density at radius 1 is 1.30 bits per heavy atom. The van der Waals surface area contributed by atoms with E-state index in [1.54, 1.807) is 0 Å². The van der Waals surface area contributed by atoms with Gasteiger partial charge in [0.25, 0.3) is 0 Å². The summed E-state index contributed by atoms with van der Waals surface area (Å²) in [7, 11) is 0. The first-order valence-corrected chi connectivity index (χ1v) is 7.91. The third-order valence-electron chi connectivity index (χ3n) is 3.61. The highest BCUT2D eigenvalue weighted by atomic mass is 79.9. The molecule has 0 spiro atoms. The summed E-state index contributed by atoms with van der Waals surface area (Å²) in [6.45, 7) is 7.22. The monoisotopic (exact) mass is 335 g/mol. The largest absolute Gasteiger partial charge is 0.324 e. The lowest BCUT2D eigenvalue weighted by Gasteiger charge is -2.14. The summed E-state index contributed by atoms with van der Waals surface area (Å²) in [5.41, 5.74) is 11.1. The van der Waals surface area contributed by atoms with Crippen molar-refractivity contribution in [3.05, 3.63) is 51.3 Å². The zero-order valence-electron chi connectivity index (χ0n) is 12.4. The van der Waals surface area contributed by atoms with Crippen LogP contribution in [0.25, 0.3) is 0 Å². The van der Waals surface area contributed by atoms with Crippen LogP contribution < -0.4 is 5.73 Å². The second-order valence-corrected chi connectivity index (χ2v) is 5.97. The van der Waals surface area contributed by atoms with Crippen LogP contribution in [-0.4, -0.2) is 9.78 Å². The maximum atomic E-state index is 6.36. The average Bonchev–Trinajstić information content (AvgIpc) is 2.84. The molecule has 1 aromatic heterocycles. The van der Waals surface area contributed by atoms with Crippen LogP contribution in [0.4, 0.5) is 0 Å². The fraction of sp³-hybridized carbons (Fsp3) is 0.438. The van der Waals surface area contributed by atoms with Crippen molar-refractivity contribution in [1.29, 1.82) is 0 Å². The van der Waals surface area contributed by atoms with Crippen LogP contribution in [0, 0.1) is 6.92 Å². The summed E-state index contributed by atoms with van der Waals surface area (Å²) in [5.74, 6) is 0. The van der Waals surface area contributed by atoms with Gasteiger partial charge in [-0.15, -0.1) is 0 Å². The standard InChI is InChI=1S/C16H22BrN3/c1-4-13-9-14(20(5-2)19-13)10-16(18)12-6-7-15(17)11(3)8-12/h6-9,16H,4-5,10,18H2,1-3H3. The van der Waals surface area contributed by atoms with Crippen molar-refractivity contribution in [3.63, 3.8) is 0 Å². The van der Waals surface area contributed by atoms with E-state index in [-0.39, 0.29) is 6.04 Å². The first-order valence-electron chi connectivity index (χ1n) is 7.12. The molecule has 1 unspecified atom stereocenters. The van der Waals surface area contributed by atoms with Crippen LogP contribution in [0.3, 0.4) is 0 Å². The molecule has 4 heteroatoms. The number of nitrogens with zero attached hydrogens (tertiary/aromatic N) is 2. The first-order chi connectivity index (χ1) is 9.55. The molecule has 0 aliphatic heterocycles. The molecule has 20 heavy (non-hydrogen) atoms. The molecule has 2 aromatic rings. The second kappa shape index (κ2) is 6.55. The average molecular weight is 336 g/mol. The summed E-state index contributed by atoms with van der Waals surface area (Å²) in [6.07, 6.45) is 1.79. The smallest absolute Gasteiger partial charge is 0.0624 e. The van der Waals surface area contributed by atoms with E-state index in [2.05, 4.69) is 70.7 Å². The van der Waals surface area contributed by atoms with Gasteiger partial charge in [-0.2, -0.15) is 5.10 Å². The maximum Gasteiger partial charge on any atom is 0.0624 e. The molecule has 0 fully saturated rings. The molecule has 0 saturated carbocycles. The molecule has 0 radical (unpaired) electrons. The van der Waals surface area contributed by atoms with Gasteiger partial charge < -0.3 is 5.73 Å². The summed E-state index contributed by atoms with van der Waals surface area (Å²) < 4.78 is 3.19. The van der Waals surface area contributed by atoms with Gasteiger partial charge in [-0.05, 0) is 43.5 Å². The summed E-state index contributed by atoms with van der Waals surface area (Å²) in [4.78, 5) is 0. The molecule has 0 saturated heterocycles. The zero-order valence-corrected chi connectivity index (χ0v) is 13.9. The molecule has 108 valence electrons. The number of aryl methyl sites for hydroxylation is 3. The molecular formula is C16H22BrN3. The van der Waals surface area contributed by atoms with E-state index in [0.29, 0.717) is 0 Å². The van der Waals surface area contributed by atoms with Crippen molar-refractivity contribution in [1.82, 2.24) is 9.78 Å². The fourth-order valence-electron chi connectivity index (χ4n) is 2.37. The van der Waals surface area contributed by atoms with Crippen LogP contribution in [0.2, 0.25) is 0 Å². The van der Waals surface area contributed by atoms with Crippen LogP contribution in [0.15, 0.2) is 28.7 Å². The molecule has 0 aliphatic carbocycles. The van der Waals surface area contributed by atoms with E-state index in [4.69, 9.17) is 5.73 Å². The highest BCUT2D eigenvalue weighted by molar-refractivity contribution is 9.10. The highest BCUT2D eigenvalue weighted by Crippen LogP contribution is 2.22. The molecular weight excluding hydrogens is 314 g/mol. The number of halogens is 1. The number of hydrogen-bond donors (Lipinski definition) is 1. The predicted octanol–water partition coefficient (Wildman–Crippen LogP) is 3.78. The van der Waals surface area contributed by atoms with Gasteiger partial charge in [0.05, 0.1) is 5.69 Å². The minimum Gasteiger partial charge on any atom is -0.324 e. The van der Waals surface area contributed by atoms with E-state index in [0.717, 1.165) is 29.6 Å². The summed E-state index contributed by atoms with van der Waals surface area (Å²) >= 11 is 3.53. The zero-order chi connectivity index (χ0) is 14.7. The first kappa shape index (κ1) is 15.3. The minimum atomic E-state index is 0.00788. The molecule has 0 bridgehead atoms. The van der Waals surface area contributed by atoms with Gasteiger partial charge in [0.2, 0.25) is 0 Å². The van der Waals surface area contributed by atoms with E-state index in [1.165, 1.54) is 16.8 Å². The van der Waals surface area contributed by atoms with Crippen LogP contribution in [0.5, 0.6) is 0 Å². The Morgan fingerprint density at radius 2 is 2.05 bits per heavy atom. The molecule has 3 nitrogen and oxygen atoms in total. The van der Waals surface area contributed by atoms with E-state index >= 15 is 0 Å². The molecule has 2 rings (SSSR count). The van der Waals surface area contributed by atoms with Crippen molar-refractivity contribution in [2.75, 3.05) is 0 Å². The Labute approximate surface area is 129 Å². The predicted molar refractivity (Wildman–Crippen MR) is 86.8 cm³/mol. The molecule has 1 aromatic carbocycles. The number of rotatable bonds is 5. The molecule has 0 aliphatic rings. The molecule has 1 heterocycles. The van der Waals surface area contributed by atoms with Gasteiger partial charge in [-0.3, -0.25) is 4.68 Å². The highest BCUT2D eigenvalue weighted by Gasteiger charge is 2.13. The quantitative estimate of drug-likeness (QED) is 0.903. The van der Waals surface area contributed by atoms with Gasteiger partial charge in [0.1, 0.15) is 0 Å². The Bertz CT molecular complexity index is 589. The van der Waals surface area contributed by atoms with Crippen molar-refractivity contribution in [2.45, 2.75) is 46.2 Å². The minimum absolute atomic E-state index is 0.00788. The Kier molecular flexibility index (Phi) is 5.00. The normalized spacial score (nSPS) is 12.7. The Balaban J connectivity index is 2.20. The van der Waals surface area contributed by atoms with E-state index in [1.807, 2.05) is 0 Å². The fourth-order valence-corrected chi connectivity index (χ4v) is 2.61. The van der Waals surface area contributed by atoms with Crippen molar-refractivity contribution in [2.24, 2.45) is 5.73 Å². The third kappa shape index (κ3) is 3.30.